The number of likely N-dealkylation sites (N-methyl/N-ethyl adjacent to an activating group) is 1. The van der Waals surface area contributed by atoms with E-state index in [0.29, 0.717) is 23.2 Å². The van der Waals surface area contributed by atoms with Crippen molar-refractivity contribution in [1.29, 1.82) is 0 Å². The minimum atomic E-state index is -0.0329. The first-order valence-corrected chi connectivity index (χ1v) is 5.72. The Morgan fingerprint density at radius 2 is 2.31 bits per heavy atom. The van der Waals surface area contributed by atoms with E-state index in [9.17, 15) is 4.79 Å². The van der Waals surface area contributed by atoms with Gasteiger partial charge in [-0.05, 0) is 28.9 Å². The summed E-state index contributed by atoms with van der Waals surface area (Å²) in [6, 6.07) is 1.77. The molecule has 1 rings (SSSR count). The highest BCUT2D eigenvalue weighted by Crippen LogP contribution is 2.17. The summed E-state index contributed by atoms with van der Waals surface area (Å²) in [5.41, 5.74) is 1.46. The van der Waals surface area contributed by atoms with E-state index < -0.39 is 0 Å². The fraction of sp³-hybridized carbons (Fsp3) is 0.455. The zero-order valence-electron chi connectivity index (χ0n) is 9.66. The molecule has 0 spiro atoms. The molecule has 1 aromatic heterocycles. The third kappa shape index (κ3) is 3.28. The maximum Gasteiger partial charge on any atom is 0.254 e. The molecule has 88 valence electrons. The summed E-state index contributed by atoms with van der Waals surface area (Å²) in [6.07, 6.45) is 1.65. The van der Waals surface area contributed by atoms with Gasteiger partial charge >= 0.3 is 0 Å². The van der Waals surface area contributed by atoms with Crippen LogP contribution in [0.1, 0.15) is 16.1 Å². The number of amides is 1. The van der Waals surface area contributed by atoms with Gasteiger partial charge in [-0.1, -0.05) is 0 Å². The molecule has 0 atom stereocenters. The zero-order valence-corrected chi connectivity index (χ0v) is 11.2. The van der Waals surface area contributed by atoms with Gasteiger partial charge in [0.05, 0.1) is 12.2 Å². The van der Waals surface area contributed by atoms with Gasteiger partial charge in [0.25, 0.3) is 5.91 Å². The van der Waals surface area contributed by atoms with E-state index in [0.717, 1.165) is 5.69 Å². The lowest BCUT2D eigenvalue weighted by Gasteiger charge is -2.17. The molecule has 0 N–H and O–H groups in total. The lowest BCUT2D eigenvalue weighted by Crippen LogP contribution is -2.30. The summed E-state index contributed by atoms with van der Waals surface area (Å²) in [5, 5.41) is 0. The molecule has 1 amide bonds. The molecule has 1 heterocycles. The second-order valence-corrected chi connectivity index (χ2v) is 4.38. The monoisotopic (exact) mass is 286 g/mol. The van der Waals surface area contributed by atoms with Crippen molar-refractivity contribution < 1.29 is 9.53 Å². The molecule has 0 bridgehead atoms. The van der Waals surface area contributed by atoms with Crippen LogP contribution in [0, 0.1) is 6.92 Å². The van der Waals surface area contributed by atoms with Gasteiger partial charge in [0, 0.05) is 37.1 Å². The highest BCUT2D eigenvalue weighted by Gasteiger charge is 2.14. The minimum absolute atomic E-state index is 0.0329. The topological polar surface area (TPSA) is 42.4 Å². The van der Waals surface area contributed by atoms with Gasteiger partial charge in [-0.15, -0.1) is 0 Å². The molecule has 5 heteroatoms. The largest absolute Gasteiger partial charge is 0.383 e. The van der Waals surface area contributed by atoms with Gasteiger partial charge in [-0.2, -0.15) is 0 Å². The van der Waals surface area contributed by atoms with E-state index in [1.807, 2.05) is 6.92 Å². The van der Waals surface area contributed by atoms with Gasteiger partial charge in [-0.3, -0.25) is 9.78 Å². The number of carbonyl (C=O) groups is 1. The quantitative estimate of drug-likeness (QED) is 0.849. The Labute approximate surface area is 104 Å². The van der Waals surface area contributed by atoms with Crippen LogP contribution in [0.5, 0.6) is 0 Å². The average Bonchev–Trinajstić information content (AvgIpc) is 2.28. The Balaban J connectivity index is 2.83. The first kappa shape index (κ1) is 13.1. The number of nitrogens with zero attached hydrogens (tertiary/aromatic N) is 2. The lowest BCUT2D eigenvalue weighted by molar-refractivity contribution is 0.0743. The Bertz CT molecular complexity index is 382. The Morgan fingerprint density at radius 3 is 2.94 bits per heavy atom. The van der Waals surface area contributed by atoms with E-state index in [2.05, 4.69) is 20.9 Å². The van der Waals surface area contributed by atoms with E-state index in [1.54, 1.807) is 31.3 Å². The van der Waals surface area contributed by atoms with Crippen LogP contribution in [0.3, 0.4) is 0 Å². The standard InChI is InChI=1S/C11H15BrN2O2/c1-8-6-9(10(12)7-13-8)11(15)14(2)4-5-16-3/h6-7H,4-5H2,1-3H3. The molecule has 0 fully saturated rings. The second-order valence-electron chi connectivity index (χ2n) is 3.53. The Hall–Kier alpha value is -0.940. The highest BCUT2D eigenvalue weighted by molar-refractivity contribution is 9.10. The van der Waals surface area contributed by atoms with Crippen molar-refractivity contribution in [2.75, 3.05) is 27.3 Å². The molecule has 0 radical (unpaired) electrons. The fourth-order valence-corrected chi connectivity index (χ4v) is 1.63. The molecule has 0 aliphatic rings. The van der Waals surface area contributed by atoms with Gasteiger partial charge < -0.3 is 9.64 Å². The van der Waals surface area contributed by atoms with Crippen LogP contribution in [0.15, 0.2) is 16.7 Å². The van der Waals surface area contributed by atoms with Crippen molar-refractivity contribution in [3.63, 3.8) is 0 Å². The molecule has 0 aliphatic heterocycles. The Morgan fingerprint density at radius 1 is 1.62 bits per heavy atom. The minimum Gasteiger partial charge on any atom is -0.383 e. The molecule has 1 aromatic rings. The first-order valence-electron chi connectivity index (χ1n) is 4.92. The number of hydrogen-bond donors (Lipinski definition) is 0. The van der Waals surface area contributed by atoms with Crippen LogP contribution in [-0.4, -0.2) is 43.1 Å². The van der Waals surface area contributed by atoms with Crippen LogP contribution < -0.4 is 0 Å². The molecular weight excluding hydrogens is 272 g/mol. The van der Waals surface area contributed by atoms with Crippen molar-refractivity contribution in [3.8, 4) is 0 Å². The molecule has 16 heavy (non-hydrogen) atoms. The predicted octanol–water partition coefficient (Wildman–Crippen LogP) is 1.87. The van der Waals surface area contributed by atoms with Crippen molar-refractivity contribution in [2.45, 2.75) is 6.92 Å². The van der Waals surface area contributed by atoms with Crippen molar-refractivity contribution in [3.05, 3.63) is 28.0 Å². The molecule has 4 nitrogen and oxygen atoms in total. The zero-order chi connectivity index (χ0) is 12.1. The highest BCUT2D eigenvalue weighted by atomic mass is 79.9. The predicted molar refractivity (Wildman–Crippen MR) is 65.5 cm³/mol. The number of pyridine rings is 1. The molecule has 0 saturated heterocycles. The summed E-state index contributed by atoms with van der Waals surface area (Å²) in [7, 11) is 3.37. The number of ether oxygens (including phenoxy) is 1. The number of carbonyl (C=O) groups excluding carboxylic acids is 1. The Kier molecular flexibility index (Phi) is 4.89. The summed E-state index contributed by atoms with van der Waals surface area (Å²) in [6.45, 7) is 2.96. The summed E-state index contributed by atoms with van der Waals surface area (Å²) < 4.78 is 5.65. The van der Waals surface area contributed by atoms with E-state index in [-0.39, 0.29) is 5.91 Å². The molecular formula is C11H15BrN2O2. The van der Waals surface area contributed by atoms with Crippen molar-refractivity contribution >= 4 is 21.8 Å². The van der Waals surface area contributed by atoms with Gasteiger partial charge in [0.1, 0.15) is 0 Å². The third-order valence-corrected chi connectivity index (χ3v) is 2.83. The number of rotatable bonds is 4. The summed E-state index contributed by atoms with van der Waals surface area (Å²) >= 11 is 3.33. The molecule has 0 aliphatic carbocycles. The van der Waals surface area contributed by atoms with Gasteiger partial charge in [0.2, 0.25) is 0 Å². The van der Waals surface area contributed by atoms with Crippen LogP contribution in [0.4, 0.5) is 0 Å². The van der Waals surface area contributed by atoms with E-state index in [1.165, 1.54) is 0 Å². The number of methoxy groups -OCH3 is 1. The number of hydrogen-bond acceptors (Lipinski definition) is 3. The molecule has 0 saturated carbocycles. The normalized spacial score (nSPS) is 10.2. The maximum atomic E-state index is 12.0. The van der Waals surface area contributed by atoms with Crippen molar-refractivity contribution in [1.82, 2.24) is 9.88 Å². The molecule has 0 unspecified atom stereocenters. The summed E-state index contributed by atoms with van der Waals surface area (Å²) in [4.78, 5) is 17.8. The second kappa shape index (κ2) is 5.96. The van der Waals surface area contributed by atoms with E-state index in [4.69, 9.17) is 4.74 Å². The lowest BCUT2D eigenvalue weighted by atomic mass is 10.2. The third-order valence-electron chi connectivity index (χ3n) is 2.20. The van der Waals surface area contributed by atoms with Gasteiger partial charge in [-0.25, -0.2) is 0 Å². The van der Waals surface area contributed by atoms with Crippen LogP contribution >= 0.6 is 15.9 Å². The maximum absolute atomic E-state index is 12.0. The number of aryl methyl sites for hydroxylation is 1. The molecule has 0 aromatic carbocycles. The van der Waals surface area contributed by atoms with Crippen LogP contribution in [0.2, 0.25) is 0 Å². The fourth-order valence-electron chi connectivity index (χ4n) is 1.24. The smallest absolute Gasteiger partial charge is 0.254 e. The first-order chi connectivity index (χ1) is 7.56. The summed E-state index contributed by atoms with van der Waals surface area (Å²) in [5.74, 6) is -0.0329. The number of halogens is 1. The number of aromatic nitrogens is 1. The average molecular weight is 287 g/mol. The SMILES string of the molecule is COCCN(C)C(=O)c1cc(C)ncc1Br. The van der Waals surface area contributed by atoms with Crippen molar-refractivity contribution in [2.24, 2.45) is 0 Å². The van der Waals surface area contributed by atoms with Crippen LogP contribution in [-0.2, 0) is 4.74 Å². The van der Waals surface area contributed by atoms with E-state index >= 15 is 0 Å². The van der Waals surface area contributed by atoms with Crippen LogP contribution in [0.25, 0.3) is 0 Å². The van der Waals surface area contributed by atoms with Gasteiger partial charge in [0.15, 0.2) is 0 Å².